The maximum absolute atomic E-state index is 13.4. The molecule has 0 radical (unpaired) electrons. The average molecular weight is 421 g/mol. The van der Waals surface area contributed by atoms with Gasteiger partial charge < -0.3 is 19.1 Å². The molecule has 3 rings (SSSR count). The third-order valence-electron chi connectivity index (χ3n) is 5.19. The fourth-order valence-corrected chi connectivity index (χ4v) is 3.59. The lowest BCUT2D eigenvalue weighted by Crippen LogP contribution is -2.27. The molecule has 1 heterocycles. The number of amides is 1. The molecule has 1 amide bonds. The van der Waals surface area contributed by atoms with Crippen molar-refractivity contribution in [3.8, 4) is 11.5 Å². The van der Waals surface area contributed by atoms with Gasteiger partial charge in [0.25, 0.3) is 5.91 Å². The molecule has 162 valence electrons. The lowest BCUT2D eigenvalue weighted by Gasteiger charge is -2.17. The fraction of sp³-hybridized carbons (Fsp3) is 0.280. The number of hydrogen-bond acceptors (Lipinski definition) is 5. The van der Waals surface area contributed by atoms with Gasteiger partial charge in [-0.15, -0.1) is 0 Å². The number of methoxy groups -OCH3 is 2. The van der Waals surface area contributed by atoms with Gasteiger partial charge in [-0.05, 0) is 50.1 Å². The molecule has 0 aliphatic carbocycles. The summed E-state index contributed by atoms with van der Waals surface area (Å²) in [6.07, 6.45) is 2.34. The molecule has 0 fully saturated rings. The number of rotatable bonds is 8. The smallest absolute Gasteiger partial charge is 0.340 e. The Labute approximate surface area is 182 Å². The highest BCUT2D eigenvalue weighted by Crippen LogP contribution is 2.34. The molecule has 0 aromatic heterocycles. The van der Waals surface area contributed by atoms with Crippen molar-refractivity contribution in [2.45, 2.75) is 20.3 Å². The number of carbonyl (C=O) groups excluding carboxylic acids is 2. The summed E-state index contributed by atoms with van der Waals surface area (Å²) in [7, 11) is 3.12. The van der Waals surface area contributed by atoms with Crippen LogP contribution in [0.3, 0.4) is 0 Å². The highest BCUT2D eigenvalue weighted by atomic mass is 16.5. The van der Waals surface area contributed by atoms with E-state index >= 15 is 0 Å². The molecule has 2 aromatic rings. The van der Waals surface area contributed by atoms with E-state index in [9.17, 15) is 9.59 Å². The molecule has 0 saturated heterocycles. The number of esters is 1. The number of benzene rings is 2. The van der Waals surface area contributed by atoms with Crippen molar-refractivity contribution in [1.82, 2.24) is 4.90 Å². The Morgan fingerprint density at radius 3 is 2.45 bits per heavy atom. The lowest BCUT2D eigenvalue weighted by atomic mass is 10.0. The average Bonchev–Trinajstić information content (AvgIpc) is 3.02. The molecule has 0 unspecified atom stereocenters. The predicted molar refractivity (Wildman–Crippen MR) is 119 cm³/mol. The summed E-state index contributed by atoms with van der Waals surface area (Å²) in [6.45, 7) is 4.21. The van der Waals surface area contributed by atoms with Crippen molar-refractivity contribution >= 4 is 18.0 Å². The van der Waals surface area contributed by atoms with E-state index in [0.717, 1.165) is 5.56 Å². The van der Waals surface area contributed by atoms with Gasteiger partial charge in [0.15, 0.2) is 0 Å². The van der Waals surface area contributed by atoms with Gasteiger partial charge in [0.1, 0.15) is 11.5 Å². The van der Waals surface area contributed by atoms with Crippen LogP contribution in [0.1, 0.15) is 25.0 Å². The third-order valence-corrected chi connectivity index (χ3v) is 5.19. The van der Waals surface area contributed by atoms with E-state index in [1.807, 2.05) is 30.3 Å². The summed E-state index contributed by atoms with van der Waals surface area (Å²) in [6, 6.07) is 15.2. The quantitative estimate of drug-likeness (QED) is 0.476. The van der Waals surface area contributed by atoms with Crippen molar-refractivity contribution in [3.63, 3.8) is 0 Å². The molecule has 0 atom stereocenters. The van der Waals surface area contributed by atoms with Crippen LogP contribution in [0.2, 0.25) is 0 Å². The first-order chi connectivity index (χ1) is 15.0. The summed E-state index contributed by atoms with van der Waals surface area (Å²) in [5, 5.41) is 0. The van der Waals surface area contributed by atoms with E-state index in [2.05, 4.69) is 0 Å². The van der Waals surface area contributed by atoms with Crippen molar-refractivity contribution in [3.05, 3.63) is 76.5 Å². The normalized spacial score (nSPS) is 14.9. The standard InChI is InChI=1S/C25H27NO5/c1-5-31-25(28)23-17(2)26(14-13-18-9-7-6-8-10-18)24(27)21(23)16-19-15-20(29-3)11-12-22(19)30-4/h6-12,15-16H,5,13-14H2,1-4H3/b21-16-. The maximum Gasteiger partial charge on any atom is 0.340 e. The van der Waals surface area contributed by atoms with Crippen molar-refractivity contribution in [2.24, 2.45) is 0 Å². The van der Waals surface area contributed by atoms with E-state index in [0.29, 0.717) is 35.7 Å². The molecule has 31 heavy (non-hydrogen) atoms. The zero-order valence-electron chi connectivity index (χ0n) is 18.3. The van der Waals surface area contributed by atoms with E-state index in [1.165, 1.54) is 0 Å². The van der Waals surface area contributed by atoms with Crippen LogP contribution in [-0.4, -0.2) is 44.1 Å². The van der Waals surface area contributed by atoms with Crippen molar-refractivity contribution in [1.29, 1.82) is 0 Å². The van der Waals surface area contributed by atoms with Crippen molar-refractivity contribution < 1.29 is 23.8 Å². The first-order valence-electron chi connectivity index (χ1n) is 10.2. The van der Waals surface area contributed by atoms with E-state index < -0.39 is 5.97 Å². The van der Waals surface area contributed by atoms with Gasteiger partial charge >= 0.3 is 5.97 Å². The van der Waals surface area contributed by atoms with Crippen LogP contribution in [0.25, 0.3) is 6.08 Å². The summed E-state index contributed by atoms with van der Waals surface area (Å²) in [4.78, 5) is 27.7. The topological polar surface area (TPSA) is 65.1 Å². The maximum atomic E-state index is 13.4. The number of nitrogens with zero attached hydrogens (tertiary/aromatic N) is 1. The lowest BCUT2D eigenvalue weighted by molar-refractivity contribution is -0.138. The molecular formula is C25H27NO5. The van der Waals surface area contributed by atoms with Crippen molar-refractivity contribution in [2.75, 3.05) is 27.4 Å². The second-order valence-corrected chi connectivity index (χ2v) is 7.04. The molecule has 1 aliphatic rings. The van der Waals surface area contributed by atoms with Crippen LogP contribution < -0.4 is 9.47 Å². The van der Waals surface area contributed by atoms with Gasteiger partial charge in [0.2, 0.25) is 0 Å². The monoisotopic (exact) mass is 421 g/mol. The Kier molecular flexibility index (Phi) is 7.13. The number of ether oxygens (including phenoxy) is 3. The molecule has 0 bridgehead atoms. The van der Waals surface area contributed by atoms with E-state index in [4.69, 9.17) is 14.2 Å². The Balaban J connectivity index is 2.01. The Bertz CT molecular complexity index is 1020. The van der Waals surface area contributed by atoms with Crippen LogP contribution in [-0.2, 0) is 20.7 Å². The van der Waals surface area contributed by atoms with Crippen LogP contribution in [0, 0.1) is 0 Å². The van der Waals surface area contributed by atoms with Gasteiger partial charge in [-0.1, -0.05) is 30.3 Å². The molecular weight excluding hydrogens is 394 g/mol. The molecule has 1 aliphatic heterocycles. The number of hydrogen-bond donors (Lipinski definition) is 0. The number of carbonyl (C=O) groups is 2. The fourth-order valence-electron chi connectivity index (χ4n) is 3.59. The van der Waals surface area contributed by atoms with Gasteiger partial charge in [0.05, 0.1) is 32.0 Å². The van der Waals surface area contributed by atoms with E-state index in [-0.39, 0.29) is 23.7 Å². The summed E-state index contributed by atoms with van der Waals surface area (Å²) >= 11 is 0. The largest absolute Gasteiger partial charge is 0.497 e. The zero-order valence-corrected chi connectivity index (χ0v) is 18.3. The first kappa shape index (κ1) is 22.2. The van der Waals surface area contributed by atoms with Gasteiger partial charge in [-0.2, -0.15) is 0 Å². The minimum absolute atomic E-state index is 0.226. The van der Waals surface area contributed by atoms with Crippen LogP contribution in [0.15, 0.2) is 65.4 Å². The zero-order chi connectivity index (χ0) is 22.4. The van der Waals surface area contributed by atoms with E-state index in [1.54, 1.807) is 57.2 Å². The Morgan fingerprint density at radius 1 is 1.06 bits per heavy atom. The second-order valence-electron chi connectivity index (χ2n) is 7.04. The summed E-state index contributed by atoms with van der Waals surface area (Å²) in [5.41, 5.74) is 2.92. The molecule has 6 heteroatoms. The third kappa shape index (κ3) is 4.79. The second kappa shape index (κ2) is 9.98. The minimum Gasteiger partial charge on any atom is -0.497 e. The molecule has 0 saturated carbocycles. The molecule has 0 spiro atoms. The highest BCUT2D eigenvalue weighted by molar-refractivity contribution is 6.16. The Morgan fingerprint density at radius 2 is 1.81 bits per heavy atom. The molecule has 6 nitrogen and oxygen atoms in total. The molecule has 0 N–H and O–H groups in total. The molecule has 2 aromatic carbocycles. The SMILES string of the molecule is CCOC(=O)C1=C(C)N(CCc2ccccc2)C(=O)/C1=C\c1cc(OC)ccc1OC. The predicted octanol–water partition coefficient (Wildman–Crippen LogP) is 4.01. The van der Waals surface area contributed by atoms with Gasteiger partial charge in [-0.25, -0.2) is 4.79 Å². The van der Waals surface area contributed by atoms with Crippen LogP contribution in [0.4, 0.5) is 0 Å². The van der Waals surface area contributed by atoms with Gasteiger partial charge in [-0.3, -0.25) is 4.79 Å². The Hall–Kier alpha value is -3.54. The highest BCUT2D eigenvalue weighted by Gasteiger charge is 2.37. The van der Waals surface area contributed by atoms with Crippen LogP contribution in [0.5, 0.6) is 11.5 Å². The van der Waals surface area contributed by atoms with Crippen LogP contribution >= 0.6 is 0 Å². The number of allylic oxidation sites excluding steroid dienone is 1. The minimum atomic E-state index is -0.510. The first-order valence-corrected chi connectivity index (χ1v) is 10.2. The van der Waals surface area contributed by atoms with Gasteiger partial charge in [0, 0.05) is 17.8 Å². The summed E-state index contributed by atoms with van der Waals surface area (Å²) in [5.74, 6) is 0.451. The summed E-state index contributed by atoms with van der Waals surface area (Å²) < 4.78 is 16.0.